The van der Waals surface area contributed by atoms with Crippen LogP contribution in [0.5, 0.6) is 0 Å². The maximum absolute atomic E-state index is 11.6. The number of allylic oxidation sites excluding steroid dienone is 1. The van der Waals surface area contributed by atoms with Crippen molar-refractivity contribution in [2.24, 2.45) is 5.92 Å². The number of hydrogen-bond donors (Lipinski definition) is 1. The fourth-order valence-electron chi connectivity index (χ4n) is 2.95. The van der Waals surface area contributed by atoms with Crippen LogP contribution in [0.4, 0.5) is 0 Å². The number of tetrazole rings is 1. The molecule has 0 bridgehead atoms. The molecule has 0 spiro atoms. The first-order valence-electron chi connectivity index (χ1n) is 7.56. The molecule has 1 aromatic carbocycles. The van der Waals surface area contributed by atoms with Gasteiger partial charge in [0.25, 0.3) is 0 Å². The lowest BCUT2D eigenvalue weighted by Crippen LogP contribution is -2.05. The lowest BCUT2D eigenvalue weighted by atomic mass is 9.98. The molecule has 0 aliphatic heterocycles. The summed E-state index contributed by atoms with van der Waals surface area (Å²) in [5.41, 5.74) is 1.53. The van der Waals surface area contributed by atoms with Crippen LogP contribution in [0.3, 0.4) is 0 Å². The third kappa shape index (κ3) is 3.27. The van der Waals surface area contributed by atoms with Gasteiger partial charge in [0.2, 0.25) is 0 Å². The number of carboxylic acids is 1. The van der Waals surface area contributed by atoms with E-state index >= 15 is 0 Å². The largest absolute Gasteiger partial charge is 0.478 e. The molecule has 0 unspecified atom stereocenters. The molecule has 1 fully saturated rings. The van der Waals surface area contributed by atoms with E-state index in [9.17, 15) is 9.90 Å². The molecule has 0 amide bonds. The van der Waals surface area contributed by atoms with Crippen molar-refractivity contribution >= 4 is 23.1 Å². The highest BCUT2D eigenvalue weighted by atomic mass is 35.5. The summed E-state index contributed by atoms with van der Waals surface area (Å²) in [5, 5.41) is 21.2. The average molecular weight is 333 g/mol. The van der Waals surface area contributed by atoms with E-state index in [2.05, 4.69) is 15.5 Å². The van der Waals surface area contributed by atoms with Crippen LogP contribution in [-0.2, 0) is 4.79 Å². The van der Waals surface area contributed by atoms with Gasteiger partial charge in [0, 0.05) is 0 Å². The van der Waals surface area contributed by atoms with Gasteiger partial charge in [-0.1, -0.05) is 36.6 Å². The number of carbonyl (C=O) groups is 1. The van der Waals surface area contributed by atoms with Crippen molar-refractivity contribution in [2.45, 2.75) is 32.6 Å². The van der Waals surface area contributed by atoms with Crippen molar-refractivity contribution in [3.63, 3.8) is 0 Å². The molecule has 2 aromatic rings. The summed E-state index contributed by atoms with van der Waals surface area (Å²) in [6, 6.07) is 5.15. The normalized spacial score (nSPS) is 16.0. The number of benzene rings is 1. The Kier molecular flexibility index (Phi) is 4.43. The van der Waals surface area contributed by atoms with E-state index in [1.807, 2.05) is 6.08 Å². The Morgan fingerprint density at radius 1 is 1.39 bits per heavy atom. The lowest BCUT2D eigenvalue weighted by molar-refractivity contribution is -0.130. The standard InChI is InChI=1S/C16H17ClN4O2/c1-10-18-19-20-21(10)15-7-6-12(9-14(15)17)13(16(22)23)8-11-4-2-3-5-11/h6-9,11H,2-5H2,1H3,(H,22,23). The number of aromatic nitrogens is 4. The van der Waals surface area contributed by atoms with Gasteiger partial charge in [-0.2, -0.15) is 4.68 Å². The molecule has 1 heterocycles. The van der Waals surface area contributed by atoms with Gasteiger partial charge in [0.05, 0.1) is 16.3 Å². The van der Waals surface area contributed by atoms with Gasteiger partial charge in [-0.25, -0.2) is 4.79 Å². The van der Waals surface area contributed by atoms with E-state index in [1.54, 1.807) is 25.1 Å². The Bertz CT molecular complexity index is 763. The van der Waals surface area contributed by atoms with E-state index in [0.717, 1.165) is 25.7 Å². The molecule has 1 aliphatic rings. The Hall–Kier alpha value is -2.21. The van der Waals surface area contributed by atoms with E-state index in [0.29, 0.717) is 33.6 Å². The van der Waals surface area contributed by atoms with Crippen LogP contribution >= 0.6 is 11.6 Å². The molecule has 1 N–H and O–H groups in total. The van der Waals surface area contributed by atoms with E-state index in [4.69, 9.17) is 11.6 Å². The zero-order valence-electron chi connectivity index (χ0n) is 12.7. The first-order chi connectivity index (χ1) is 11.1. The SMILES string of the molecule is Cc1nnnn1-c1ccc(C(=CC2CCCC2)C(=O)O)cc1Cl. The summed E-state index contributed by atoms with van der Waals surface area (Å²) in [5.74, 6) is 0.0141. The Labute approximate surface area is 138 Å². The van der Waals surface area contributed by atoms with Gasteiger partial charge in [-0.3, -0.25) is 0 Å². The first-order valence-corrected chi connectivity index (χ1v) is 7.94. The number of carboxylic acid groups (broad SMARTS) is 1. The maximum atomic E-state index is 11.6. The number of aliphatic carboxylic acids is 1. The molecule has 1 aliphatic carbocycles. The molecule has 120 valence electrons. The van der Waals surface area contributed by atoms with Crippen molar-refractivity contribution < 1.29 is 9.90 Å². The molecule has 0 atom stereocenters. The zero-order valence-corrected chi connectivity index (χ0v) is 13.5. The fraction of sp³-hybridized carbons (Fsp3) is 0.375. The summed E-state index contributed by atoms with van der Waals surface area (Å²) in [4.78, 5) is 11.6. The summed E-state index contributed by atoms with van der Waals surface area (Å²) in [6.07, 6.45) is 6.28. The second-order valence-electron chi connectivity index (χ2n) is 5.73. The Balaban J connectivity index is 1.97. The fourth-order valence-corrected chi connectivity index (χ4v) is 3.21. The number of aryl methyl sites for hydroxylation is 1. The van der Waals surface area contributed by atoms with Crippen molar-refractivity contribution in [1.82, 2.24) is 20.2 Å². The Morgan fingerprint density at radius 3 is 2.70 bits per heavy atom. The van der Waals surface area contributed by atoms with Crippen LogP contribution in [0.25, 0.3) is 11.3 Å². The van der Waals surface area contributed by atoms with Gasteiger partial charge < -0.3 is 5.11 Å². The molecule has 1 saturated carbocycles. The summed E-state index contributed by atoms with van der Waals surface area (Å²) < 4.78 is 1.52. The minimum absolute atomic E-state index is 0.304. The van der Waals surface area contributed by atoms with Crippen molar-refractivity contribution in [3.05, 3.63) is 40.7 Å². The highest BCUT2D eigenvalue weighted by Gasteiger charge is 2.19. The van der Waals surface area contributed by atoms with Gasteiger partial charge in [-0.15, -0.1) is 5.10 Å². The van der Waals surface area contributed by atoms with E-state index < -0.39 is 5.97 Å². The second kappa shape index (κ2) is 6.50. The minimum atomic E-state index is -0.931. The van der Waals surface area contributed by atoms with Crippen LogP contribution < -0.4 is 0 Å². The van der Waals surface area contributed by atoms with Gasteiger partial charge in [-0.05, 0) is 53.8 Å². The molecule has 7 heteroatoms. The van der Waals surface area contributed by atoms with Crippen LogP contribution in [0.2, 0.25) is 5.02 Å². The van der Waals surface area contributed by atoms with Crippen LogP contribution in [0.15, 0.2) is 24.3 Å². The van der Waals surface area contributed by atoms with E-state index in [-0.39, 0.29) is 0 Å². The number of rotatable bonds is 4. The van der Waals surface area contributed by atoms with Crippen molar-refractivity contribution in [1.29, 1.82) is 0 Å². The lowest BCUT2D eigenvalue weighted by Gasteiger charge is -2.10. The third-order valence-electron chi connectivity index (χ3n) is 4.14. The zero-order chi connectivity index (χ0) is 16.4. The molecule has 6 nitrogen and oxygen atoms in total. The van der Waals surface area contributed by atoms with Gasteiger partial charge in [0.1, 0.15) is 0 Å². The summed E-state index contributed by atoms with van der Waals surface area (Å²) in [7, 11) is 0. The maximum Gasteiger partial charge on any atom is 0.335 e. The molecule has 3 rings (SSSR count). The molecule has 0 saturated heterocycles. The van der Waals surface area contributed by atoms with Crippen LogP contribution in [0, 0.1) is 12.8 Å². The number of nitrogens with zero attached hydrogens (tertiary/aromatic N) is 4. The third-order valence-corrected chi connectivity index (χ3v) is 4.45. The minimum Gasteiger partial charge on any atom is -0.478 e. The molecular formula is C16H17ClN4O2. The van der Waals surface area contributed by atoms with Crippen LogP contribution in [0.1, 0.15) is 37.1 Å². The molecule has 0 radical (unpaired) electrons. The predicted molar refractivity (Wildman–Crippen MR) is 86.5 cm³/mol. The molecule has 1 aromatic heterocycles. The Morgan fingerprint density at radius 2 is 2.13 bits per heavy atom. The molecule has 23 heavy (non-hydrogen) atoms. The smallest absolute Gasteiger partial charge is 0.335 e. The predicted octanol–water partition coefficient (Wildman–Crippen LogP) is 3.28. The highest BCUT2D eigenvalue weighted by Crippen LogP contribution is 2.31. The average Bonchev–Trinajstić information content (AvgIpc) is 3.16. The first kappa shape index (κ1) is 15.7. The quantitative estimate of drug-likeness (QED) is 0.869. The molecular weight excluding hydrogens is 316 g/mol. The van der Waals surface area contributed by atoms with Gasteiger partial charge >= 0.3 is 5.97 Å². The van der Waals surface area contributed by atoms with Crippen molar-refractivity contribution in [2.75, 3.05) is 0 Å². The topological polar surface area (TPSA) is 80.9 Å². The number of hydrogen-bond acceptors (Lipinski definition) is 4. The summed E-state index contributed by atoms with van der Waals surface area (Å²) >= 11 is 6.32. The van der Waals surface area contributed by atoms with Crippen LogP contribution in [-0.4, -0.2) is 31.3 Å². The van der Waals surface area contributed by atoms with Crippen molar-refractivity contribution in [3.8, 4) is 5.69 Å². The monoisotopic (exact) mass is 332 g/mol. The second-order valence-corrected chi connectivity index (χ2v) is 6.14. The van der Waals surface area contributed by atoms with E-state index in [1.165, 1.54) is 4.68 Å². The summed E-state index contributed by atoms with van der Waals surface area (Å²) in [6.45, 7) is 1.77. The highest BCUT2D eigenvalue weighted by molar-refractivity contribution is 6.32. The number of halogens is 1. The van der Waals surface area contributed by atoms with Gasteiger partial charge in [0.15, 0.2) is 5.82 Å².